The number of furan rings is 1. The monoisotopic (exact) mass is 344 g/mol. The number of benzene rings is 1. The molecule has 1 atom stereocenters. The molecule has 0 aliphatic heterocycles. The Kier molecular flexibility index (Phi) is 5.02. The molecule has 0 saturated heterocycles. The molecule has 1 aromatic carbocycles. The van der Waals surface area contributed by atoms with Gasteiger partial charge in [0.1, 0.15) is 4.92 Å². The molecule has 2 rings (SSSR count). The molecule has 22 heavy (non-hydrogen) atoms. The summed E-state index contributed by atoms with van der Waals surface area (Å²) in [5.74, 6) is -1.44. The third kappa shape index (κ3) is 3.76. The van der Waals surface area contributed by atoms with Gasteiger partial charge >= 0.3 is 5.88 Å². The van der Waals surface area contributed by atoms with Crippen molar-refractivity contribution in [3.05, 3.63) is 61.8 Å². The second-order valence-corrected chi connectivity index (χ2v) is 5.13. The second-order valence-electron chi connectivity index (χ2n) is 4.29. The lowest BCUT2D eigenvalue weighted by Gasteiger charge is -2.13. The van der Waals surface area contributed by atoms with Crippen LogP contribution in [0.4, 0.5) is 5.88 Å². The van der Waals surface area contributed by atoms with E-state index in [4.69, 9.17) is 27.6 Å². The minimum Gasteiger partial charge on any atom is -0.395 e. The number of nitrogens with one attached hydrogen (secondary N) is 1. The zero-order valence-electron chi connectivity index (χ0n) is 11.0. The fourth-order valence-corrected chi connectivity index (χ4v) is 2.24. The molecule has 2 aromatic rings. The molecule has 0 fully saturated rings. The van der Waals surface area contributed by atoms with E-state index in [1.165, 1.54) is 12.1 Å². The molecule has 1 amide bonds. The lowest BCUT2D eigenvalue weighted by atomic mass is 10.1. The maximum atomic E-state index is 11.8. The van der Waals surface area contributed by atoms with Crippen LogP contribution in [-0.2, 0) is 0 Å². The van der Waals surface area contributed by atoms with Crippen molar-refractivity contribution in [1.82, 2.24) is 5.32 Å². The Bertz CT molecular complexity index is 716. The summed E-state index contributed by atoms with van der Waals surface area (Å²) in [5, 5.41) is 23.6. The number of carbonyl (C=O) groups excluding carboxylic acids is 1. The van der Waals surface area contributed by atoms with Gasteiger partial charge in [-0.1, -0.05) is 29.3 Å². The second kappa shape index (κ2) is 6.78. The lowest BCUT2D eigenvalue weighted by Crippen LogP contribution is -2.28. The van der Waals surface area contributed by atoms with Gasteiger partial charge in [-0.2, -0.15) is 0 Å². The SMILES string of the molecule is O=C(NC[C@@H](O)c1ccc(Cl)cc1Cl)c1ccc([N+](=O)[O-])o1. The van der Waals surface area contributed by atoms with Gasteiger partial charge < -0.3 is 14.8 Å². The van der Waals surface area contributed by atoms with Crippen molar-refractivity contribution >= 4 is 35.0 Å². The van der Waals surface area contributed by atoms with Crippen LogP contribution in [0.25, 0.3) is 0 Å². The topological polar surface area (TPSA) is 106 Å². The highest BCUT2D eigenvalue weighted by Gasteiger charge is 2.19. The zero-order chi connectivity index (χ0) is 16.3. The average Bonchev–Trinajstić information content (AvgIpc) is 2.94. The van der Waals surface area contributed by atoms with Crippen molar-refractivity contribution in [3.8, 4) is 0 Å². The maximum absolute atomic E-state index is 11.8. The summed E-state index contributed by atoms with van der Waals surface area (Å²) < 4.78 is 4.75. The van der Waals surface area contributed by atoms with Crippen LogP contribution in [0.2, 0.25) is 10.0 Å². The number of carbonyl (C=O) groups is 1. The molecule has 0 bridgehead atoms. The molecule has 2 N–H and O–H groups in total. The van der Waals surface area contributed by atoms with Crippen molar-refractivity contribution in [2.24, 2.45) is 0 Å². The molecule has 0 aliphatic carbocycles. The maximum Gasteiger partial charge on any atom is 0.433 e. The Morgan fingerprint density at radius 1 is 1.36 bits per heavy atom. The fourth-order valence-electron chi connectivity index (χ4n) is 1.71. The van der Waals surface area contributed by atoms with Crippen LogP contribution in [0.1, 0.15) is 22.2 Å². The smallest absolute Gasteiger partial charge is 0.395 e. The van der Waals surface area contributed by atoms with Crippen molar-refractivity contribution in [2.75, 3.05) is 6.54 Å². The lowest BCUT2D eigenvalue weighted by molar-refractivity contribution is -0.402. The molecule has 1 aromatic heterocycles. The van der Waals surface area contributed by atoms with Gasteiger partial charge in [0.2, 0.25) is 0 Å². The van der Waals surface area contributed by atoms with Gasteiger partial charge in [0, 0.05) is 22.2 Å². The van der Waals surface area contributed by atoms with Gasteiger partial charge in [-0.05, 0) is 18.2 Å². The van der Waals surface area contributed by atoms with Crippen molar-refractivity contribution in [1.29, 1.82) is 0 Å². The molecule has 1 heterocycles. The van der Waals surface area contributed by atoms with Crippen molar-refractivity contribution < 1.29 is 19.2 Å². The Labute approximate surface area is 134 Å². The number of hydrogen-bond donors (Lipinski definition) is 2. The van der Waals surface area contributed by atoms with E-state index in [2.05, 4.69) is 5.32 Å². The number of nitrogens with zero attached hydrogens (tertiary/aromatic N) is 1. The summed E-state index contributed by atoms with van der Waals surface area (Å²) in [7, 11) is 0. The standard InChI is InChI=1S/C13H10Cl2N2O5/c14-7-1-2-8(9(15)5-7)10(18)6-16-13(19)11-3-4-12(22-11)17(20)21/h1-5,10,18H,6H2,(H,16,19)/t10-/m1/s1. The van der Waals surface area contributed by atoms with Crippen LogP contribution < -0.4 is 5.32 Å². The van der Waals surface area contributed by atoms with E-state index in [0.29, 0.717) is 10.6 Å². The van der Waals surface area contributed by atoms with Crippen LogP contribution in [0.5, 0.6) is 0 Å². The zero-order valence-corrected chi connectivity index (χ0v) is 12.5. The summed E-state index contributed by atoms with van der Waals surface area (Å²) in [6.45, 7) is -0.144. The van der Waals surface area contributed by atoms with E-state index < -0.39 is 22.8 Å². The third-order valence-corrected chi connectivity index (χ3v) is 3.34. The van der Waals surface area contributed by atoms with E-state index in [0.717, 1.165) is 6.07 Å². The highest BCUT2D eigenvalue weighted by Crippen LogP contribution is 2.26. The quantitative estimate of drug-likeness (QED) is 0.640. The Balaban J connectivity index is 1.99. The van der Waals surface area contributed by atoms with Gasteiger partial charge in [0.05, 0.1) is 12.2 Å². The first-order valence-corrected chi connectivity index (χ1v) is 6.79. The molecule has 0 saturated carbocycles. The van der Waals surface area contributed by atoms with E-state index in [-0.39, 0.29) is 17.3 Å². The summed E-state index contributed by atoms with van der Waals surface area (Å²) in [6, 6.07) is 6.82. The van der Waals surface area contributed by atoms with Gasteiger partial charge in [-0.3, -0.25) is 14.9 Å². The summed E-state index contributed by atoms with van der Waals surface area (Å²) >= 11 is 11.7. The predicted molar refractivity (Wildman–Crippen MR) is 79.1 cm³/mol. The molecule has 116 valence electrons. The highest BCUT2D eigenvalue weighted by atomic mass is 35.5. The largest absolute Gasteiger partial charge is 0.433 e. The first kappa shape index (κ1) is 16.3. The molecule has 0 radical (unpaired) electrons. The van der Waals surface area contributed by atoms with E-state index in [1.807, 2.05) is 0 Å². The Morgan fingerprint density at radius 3 is 2.68 bits per heavy atom. The first-order valence-electron chi connectivity index (χ1n) is 6.04. The van der Waals surface area contributed by atoms with Crippen LogP contribution in [0, 0.1) is 10.1 Å². The first-order chi connectivity index (χ1) is 10.4. The highest BCUT2D eigenvalue weighted by molar-refractivity contribution is 6.35. The number of nitro groups is 1. The normalized spacial score (nSPS) is 12.0. The molecule has 0 unspecified atom stereocenters. The van der Waals surface area contributed by atoms with Crippen molar-refractivity contribution in [2.45, 2.75) is 6.10 Å². The van der Waals surface area contributed by atoms with E-state index in [1.54, 1.807) is 12.1 Å². The third-order valence-electron chi connectivity index (χ3n) is 2.77. The summed E-state index contributed by atoms with van der Waals surface area (Å²) in [5.41, 5.74) is 0.400. The van der Waals surface area contributed by atoms with E-state index >= 15 is 0 Å². The Hall–Kier alpha value is -2.09. The van der Waals surface area contributed by atoms with Crippen LogP contribution in [0.3, 0.4) is 0 Å². The molecule has 0 spiro atoms. The minimum atomic E-state index is -1.06. The molecule has 7 nitrogen and oxygen atoms in total. The fraction of sp³-hybridized carbons (Fsp3) is 0.154. The van der Waals surface area contributed by atoms with Crippen LogP contribution in [0.15, 0.2) is 34.7 Å². The van der Waals surface area contributed by atoms with Crippen molar-refractivity contribution in [3.63, 3.8) is 0 Å². The Morgan fingerprint density at radius 2 is 2.09 bits per heavy atom. The van der Waals surface area contributed by atoms with Gasteiger partial charge in [0.25, 0.3) is 5.91 Å². The van der Waals surface area contributed by atoms with Gasteiger partial charge in [0.15, 0.2) is 5.76 Å². The number of aliphatic hydroxyl groups excluding tert-OH is 1. The number of aliphatic hydroxyl groups is 1. The summed E-state index contributed by atoms with van der Waals surface area (Å²) in [6.07, 6.45) is -1.06. The van der Waals surface area contributed by atoms with Crippen LogP contribution in [-0.4, -0.2) is 22.5 Å². The number of hydrogen-bond acceptors (Lipinski definition) is 5. The number of halogens is 2. The summed E-state index contributed by atoms with van der Waals surface area (Å²) in [4.78, 5) is 21.5. The van der Waals surface area contributed by atoms with Gasteiger partial charge in [-0.25, -0.2) is 0 Å². The molecular weight excluding hydrogens is 335 g/mol. The molecular formula is C13H10Cl2N2O5. The van der Waals surface area contributed by atoms with E-state index in [9.17, 15) is 20.0 Å². The average molecular weight is 345 g/mol. The van der Waals surface area contributed by atoms with Crippen LogP contribution >= 0.6 is 23.2 Å². The predicted octanol–water partition coefficient (Wildman–Crippen LogP) is 2.96. The van der Waals surface area contributed by atoms with Gasteiger partial charge in [-0.15, -0.1) is 0 Å². The number of amides is 1. The number of rotatable bonds is 5. The molecule has 9 heteroatoms. The molecule has 0 aliphatic rings. The minimum absolute atomic E-state index is 0.144.